The van der Waals surface area contributed by atoms with Gasteiger partial charge in [0.1, 0.15) is 0 Å². The lowest BCUT2D eigenvalue weighted by Crippen LogP contribution is -1.87. The van der Waals surface area contributed by atoms with Crippen molar-refractivity contribution in [2.45, 2.75) is 0 Å². The number of aryl methyl sites for hydroxylation is 1. The van der Waals surface area contributed by atoms with Crippen LogP contribution in [0.3, 0.4) is 0 Å². The smallest absolute Gasteiger partial charge is 0.0538 e. The van der Waals surface area contributed by atoms with Gasteiger partial charge in [0.05, 0.1) is 6.21 Å². The summed E-state index contributed by atoms with van der Waals surface area (Å²) in [5.41, 5.74) is 2.25. The topological polar surface area (TPSA) is 43.3 Å². The van der Waals surface area contributed by atoms with Gasteiger partial charge in [-0.15, -0.1) is 0 Å². The lowest BCUT2D eigenvalue weighted by molar-refractivity contribution is 0.969. The second-order valence-electron chi connectivity index (χ2n) is 3.02. The van der Waals surface area contributed by atoms with Gasteiger partial charge in [-0.05, 0) is 23.8 Å². The zero-order valence-electron chi connectivity index (χ0n) is 7.44. The Morgan fingerprint density at radius 3 is 3.00 bits per heavy atom. The maximum absolute atomic E-state index is 5.07. The number of hydrogen-bond acceptors (Lipinski definition) is 2. The van der Waals surface area contributed by atoms with Crippen molar-refractivity contribution in [2.24, 2.45) is 18.0 Å². The van der Waals surface area contributed by atoms with Crippen LogP contribution >= 0.6 is 0 Å². The molecule has 0 atom stereocenters. The first kappa shape index (κ1) is 7.86. The van der Waals surface area contributed by atoms with E-state index in [9.17, 15) is 0 Å². The van der Waals surface area contributed by atoms with Crippen LogP contribution in [0, 0.1) is 0 Å². The van der Waals surface area contributed by atoms with E-state index in [1.165, 1.54) is 10.9 Å². The summed E-state index contributed by atoms with van der Waals surface area (Å²) in [6.07, 6.45) is 3.68. The number of hydrogen-bond donors (Lipinski definition) is 1. The average molecular weight is 173 g/mol. The molecule has 1 aromatic heterocycles. The van der Waals surface area contributed by atoms with E-state index in [0.717, 1.165) is 5.56 Å². The number of fused-ring (bicyclic) bond motifs is 1. The van der Waals surface area contributed by atoms with Crippen LogP contribution in [0.4, 0.5) is 0 Å². The highest BCUT2D eigenvalue weighted by atomic mass is 15.1. The van der Waals surface area contributed by atoms with Crippen molar-refractivity contribution in [2.75, 3.05) is 0 Å². The Hall–Kier alpha value is -1.77. The van der Waals surface area contributed by atoms with Gasteiger partial charge in [-0.3, -0.25) is 0 Å². The molecule has 0 saturated heterocycles. The summed E-state index contributed by atoms with van der Waals surface area (Å²) < 4.78 is 2.08. The molecule has 0 radical (unpaired) electrons. The maximum atomic E-state index is 5.07. The highest BCUT2D eigenvalue weighted by molar-refractivity contribution is 5.89. The quantitative estimate of drug-likeness (QED) is 0.396. The van der Waals surface area contributed by atoms with Crippen LogP contribution in [0.25, 0.3) is 10.9 Å². The molecule has 0 aliphatic heterocycles. The minimum absolute atomic E-state index is 1.03. The minimum atomic E-state index is 1.03. The van der Waals surface area contributed by atoms with E-state index in [0.29, 0.717) is 0 Å². The predicted molar refractivity (Wildman–Crippen MR) is 54.7 cm³/mol. The van der Waals surface area contributed by atoms with Crippen LogP contribution in [-0.2, 0) is 7.05 Å². The zero-order valence-corrected chi connectivity index (χ0v) is 7.44. The molecule has 66 valence electrons. The second kappa shape index (κ2) is 2.94. The summed E-state index contributed by atoms with van der Waals surface area (Å²) in [6.45, 7) is 0. The Bertz CT molecular complexity index is 454. The van der Waals surface area contributed by atoms with Crippen molar-refractivity contribution in [3.05, 3.63) is 36.0 Å². The fourth-order valence-corrected chi connectivity index (χ4v) is 1.47. The van der Waals surface area contributed by atoms with E-state index in [-0.39, 0.29) is 0 Å². The summed E-state index contributed by atoms with van der Waals surface area (Å²) in [7, 11) is 2.03. The number of benzene rings is 1. The second-order valence-corrected chi connectivity index (χ2v) is 3.02. The number of hydrazone groups is 1. The van der Waals surface area contributed by atoms with Crippen molar-refractivity contribution >= 4 is 17.1 Å². The predicted octanol–water partition coefficient (Wildman–Crippen LogP) is 1.47. The molecule has 2 aromatic rings. The van der Waals surface area contributed by atoms with E-state index >= 15 is 0 Å². The molecule has 3 nitrogen and oxygen atoms in total. The molecule has 1 aromatic carbocycles. The highest BCUT2D eigenvalue weighted by Crippen LogP contribution is 2.15. The molecule has 0 aliphatic rings. The first-order valence-corrected chi connectivity index (χ1v) is 4.09. The monoisotopic (exact) mass is 173 g/mol. The van der Waals surface area contributed by atoms with Gasteiger partial charge >= 0.3 is 0 Å². The van der Waals surface area contributed by atoms with Crippen molar-refractivity contribution in [3.63, 3.8) is 0 Å². The van der Waals surface area contributed by atoms with Gasteiger partial charge in [-0.1, -0.05) is 6.07 Å². The molecule has 3 heteroatoms. The third-order valence-corrected chi connectivity index (χ3v) is 2.13. The number of nitrogens with two attached hydrogens (primary N) is 1. The normalized spacial score (nSPS) is 11.5. The molecule has 0 unspecified atom stereocenters. The van der Waals surface area contributed by atoms with Crippen LogP contribution < -0.4 is 5.84 Å². The van der Waals surface area contributed by atoms with Crippen LogP contribution in [0.5, 0.6) is 0 Å². The maximum Gasteiger partial charge on any atom is 0.0538 e. The third-order valence-electron chi connectivity index (χ3n) is 2.13. The van der Waals surface area contributed by atoms with Crippen LogP contribution in [0.1, 0.15) is 5.56 Å². The van der Waals surface area contributed by atoms with Crippen LogP contribution in [0.15, 0.2) is 35.6 Å². The van der Waals surface area contributed by atoms with Crippen molar-refractivity contribution in [1.29, 1.82) is 0 Å². The van der Waals surface area contributed by atoms with Crippen molar-refractivity contribution < 1.29 is 0 Å². The van der Waals surface area contributed by atoms with E-state index in [1.54, 1.807) is 6.21 Å². The molecule has 0 bridgehead atoms. The Balaban J connectivity index is 2.63. The largest absolute Gasteiger partial charge is 0.351 e. The molecule has 0 fully saturated rings. The van der Waals surface area contributed by atoms with E-state index in [4.69, 9.17) is 5.84 Å². The third kappa shape index (κ3) is 1.28. The van der Waals surface area contributed by atoms with Crippen molar-refractivity contribution in [3.8, 4) is 0 Å². The molecular formula is C10H11N3. The Morgan fingerprint density at radius 2 is 2.23 bits per heavy atom. The molecule has 13 heavy (non-hydrogen) atoms. The number of nitrogens with zero attached hydrogens (tertiary/aromatic N) is 2. The molecule has 0 saturated carbocycles. The fourth-order valence-electron chi connectivity index (χ4n) is 1.47. The number of aromatic nitrogens is 1. The van der Waals surface area contributed by atoms with Gasteiger partial charge in [0, 0.05) is 24.1 Å². The SMILES string of the molecule is Cn1ccc2cc(C=NN)ccc21. The molecule has 2 rings (SSSR count). The lowest BCUT2D eigenvalue weighted by atomic mass is 10.2. The molecule has 1 heterocycles. The Morgan fingerprint density at radius 1 is 1.38 bits per heavy atom. The first-order valence-electron chi connectivity index (χ1n) is 4.09. The first-order chi connectivity index (χ1) is 6.31. The van der Waals surface area contributed by atoms with Crippen molar-refractivity contribution in [1.82, 2.24) is 4.57 Å². The summed E-state index contributed by atoms with van der Waals surface area (Å²) >= 11 is 0. The summed E-state index contributed by atoms with van der Waals surface area (Å²) in [5, 5.41) is 4.70. The molecular weight excluding hydrogens is 162 g/mol. The molecule has 0 amide bonds. The lowest BCUT2D eigenvalue weighted by Gasteiger charge is -1.96. The van der Waals surface area contributed by atoms with Gasteiger partial charge < -0.3 is 10.4 Å². The van der Waals surface area contributed by atoms with Gasteiger partial charge in [0.15, 0.2) is 0 Å². The Kier molecular flexibility index (Phi) is 1.77. The molecule has 0 aliphatic carbocycles. The van der Waals surface area contributed by atoms with Gasteiger partial charge in [-0.2, -0.15) is 5.10 Å². The van der Waals surface area contributed by atoms with Gasteiger partial charge in [0.2, 0.25) is 0 Å². The summed E-state index contributed by atoms with van der Waals surface area (Å²) in [6, 6.07) is 8.19. The average Bonchev–Trinajstić information content (AvgIpc) is 2.48. The van der Waals surface area contributed by atoms with Crippen LogP contribution in [-0.4, -0.2) is 10.8 Å². The van der Waals surface area contributed by atoms with Gasteiger partial charge in [0.25, 0.3) is 0 Å². The van der Waals surface area contributed by atoms with E-state index in [1.807, 2.05) is 19.3 Å². The van der Waals surface area contributed by atoms with E-state index < -0.39 is 0 Å². The van der Waals surface area contributed by atoms with Gasteiger partial charge in [-0.25, -0.2) is 0 Å². The summed E-state index contributed by atoms with van der Waals surface area (Å²) in [5.74, 6) is 5.07. The van der Waals surface area contributed by atoms with E-state index in [2.05, 4.69) is 27.9 Å². The molecule has 2 N–H and O–H groups in total. The molecule has 0 spiro atoms. The van der Waals surface area contributed by atoms with Crippen LogP contribution in [0.2, 0.25) is 0 Å². The summed E-state index contributed by atoms with van der Waals surface area (Å²) in [4.78, 5) is 0. The fraction of sp³-hybridized carbons (Fsp3) is 0.100. The minimum Gasteiger partial charge on any atom is -0.351 e. The zero-order chi connectivity index (χ0) is 9.26. The Labute approximate surface area is 76.5 Å². The number of rotatable bonds is 1. The highest BCUT2D eigenvalue weighted by Gasteiger charge is 1.97. The standard InChI is InChI=1S/C10H11N3/c1-13-5-4-9-6-8(7-12-11)2-3-10(9)13/h2-7H,11H2,1H3.